The van der Waals surface area contributed by atoms with Crippen molar-refractivity contribution in [1.82, 2.24) is 10.6 Å². The lowest BCUT2D eigenvalue weighted by atomic mass is 10.1. The van der Waals surface area contributed by atoms with E-state index in [1.54, 1.807) is 18.2 Å². The van der Waals surface area contributed by atoms with Crippen molar-refractivity contribution in [3.63, 3.8) is 0 Å². The topological polar surface area (TPSA) is 74.5 Å². The average Bonchev–Trinajstić information content (AvgIpc) is 2.93. The fourth-order valence-corrected chi connectivity index (χ4v) is 2.38. The highest BCUT2D eigenvalue weighted by atomic mass is 35.5. The van der Waals surface area contributed by atoms with Crippen LogP contribution in [0.1, 0.15) is 16.1 Å². The number of hydrogen-bond donors (Lipinski definition) is 3. The third-order valence-electron chi connectivity index (χ3n) is 3.40. The Bertz CT molecular complexity index is 626. The maximum atomic E-state index is 12.1. The highest BCUT2D eigenvalue weighted by Crippen LogP contribution is 2.20. The van der Waals surface area contributed by atoms with Crippen LogP contribution in [0.4, 0.5) is 0 Å². The number of hydrogen-bond acceptors (Lipinski definition) is 4. The second-order valence-corrected chi connectivity index (χ2v) is 4.92. The Morgan fingerprint density at radius 3 is 2.90 bits per heavy atom. The first kappa shape index (κ1) is 14.8. The van der Waals surface area contributed by atoms with Crippen LogP contribution in [0.5, 0.6) is 0 Å². The van der Waals surface area contributed by atoms with E-state index in [0.717, 1.165) is 16.7 Å². The molecular weight excluding hydrogens is 280 g/mol. The molecule has 1 saturated heterocycles. The summed E-state index contributed by atoms with van der Waals surface area (Å²) in [6.07, 6.45) is -0.524. The minimum absolute atomic E-state index is 0. The van der Waals surface area contributed by atoms with Gasteiger partial charge in [-0.05, 0) is 31.2 Å². The molecule has 5 nitrogen and oxygen atoms in total. The number of nitrogens with one attached hydrogen (secondary N) is 2. The zero-order valence-electron chi connectivity index (χ0n) is 11.1. The molecule has 1 fully saturated rings. The van der Waals surface area contributed by atoms with E-state index in [9.17, 15) is 9.90 Å². The Morgan fingerprint density at radius 2 is 2.20 bits per heavy atom. The van der Waals surface area contributed by atoms with Gasteiger partial charge in [-0.1, -0.05) is 0 Å². The van der Waals surface area contributed by atoms with Crippen molar-refractivity contribution >= 4 is 29.3 Å². The molecule has 0 radical (unpaired) electrons. The molecule has 3 N–H and O–H groups in total. The summed E-state index contributed by atoms with van der Waals surface area (Å²) in [4.78, 5) is 12.1. The first-order chi connectivity index (χ1) is 9.13. The number of benzene rings is 1. The number of carbonyl (C=O) groups excluding carboxylic acids is 1. The fraction of sp³-hybridized carbons (Fsp3) is 0.357. The van der Waals surface area contributed by atoms with Crippen LogP contribution in [-0.4, -0.2) is 36.2 Å². The van der Waals surface area contributed by atoms with E-state index in [1.807, 2.05) is 13.0 Å². The predicted molar refractivity (Wildman–Crippen MR) is 78.3 cm³/mol. The Kier molecular flexibility index (Phi) is 4.32. The largest absolute Gasteiger partial charge is 0.461 e. The highest BCUT2D eigenvalue weighted by molar-refractivity contribution is 5.98. The van der Waals surface area contributed by atoms with Crippen LogP contribution in [0.25, 0.3) is 11.0 Å². The number of fused-ring (bicyclic) bond motifs is 1. The van der Waals surface area contributed by atoms with E-state index in [0.29, 0.717) is 18.7 Å². The summed E-state index contributed by atoms with van der Waals surface area (Å²) >= 11 is 0. The maximum absolute atomic E-state index is 12.1. The lowest BCUT2D eigenvalue weighted by molar-refractivity contribution is 0.0889. The van der Waals surface area contributed by atoms with Crippen molar-refractivity contribution in [1.29, 1.82) is 0 Å². The average molecular weight is 297 g/mol. The van der Waals surface area contributed by atoms with Crippen molar-refractivity contribution in [2.24, 2.45) is 0 Å². The Hall–Kier alpha value is -1.56. The van der Waals surface area contributed by atoms with Crippen LogP contribution in [0.2, 0.25) is 0 Å². The molecule has 0 aliphatic carbocycles. The quantitative estimate of drug-likeness (QED) is 0.779. The number of rotatable bonds is 2. The smallest absolute Gasteiger partial charge is 0.251 e. The van der Waals surface area contributed by atoms with Crippen molar-refractivity contribution in [2.45, 2.75) is 19.1 Å². The number of carbonyl (C=O) groups is 1. The number of aliphatic hydroxyl groups excluding tert-OH is 1. The van der Waals surface area contributed by atoms with Gasteiger partial charge in [0.1, 0.15) is 11.3 Å². The molecule has 108 valence electrons. The molecule has 1 aromatic heterocycles. The lowest BCUT2D eigenvalue weighted by Crippen LogP contribution is -2.42. The van der Waals surface area contributed by atoms with E-state index in [-0.39, 0.29) is 24.4 Å². The van der Waals surface area contributed by atoms with Gasteiger partial charge in [-0.2, -0.15) is 0 Å². The van der Waals surface area contributed by atoms with Gasteiger partial charge in [0.25, 0.3) is 5.91 Å². The number of β-amino-alcohol motifs (C(OH)–C–C–N with tert-alkyl or cyclic N) is 1. The molecule has 0 saturated carbocycles. The van der Waals surface area contributed by atoms with E-state index in [2.05, 4.69) is 10.6 Å². The van der Waals surface area contributed by atoms with E-state index in [1.165, 1.54) is 0 Å². The molecular formula is C14H17ClN2O3. The number of amides is 1. The monoisotopic (exact) mass is 296 g/mol. The third kappa shape index (κ3) is 2.80. The van der Waals surface area contributed by atoms with Crippen LogP contribution in [-0.2, 0) is 0 Å². The van der Waals surface area contributed by atoms with Gasteiger partial charge in [-0.15, -0.1) is 12.4 Å². The molecule has 2 aromatic rings. The molecule has 3 rings (SSSR count). The number of halogens is 1. The molecule has 20 heavy (non-hydrogen) atoms. The summed E-state index contributed by atoms with van der Waals surface area (Å²) in [7, 11) is 0. The van der Waals surface area contributed by atoms with Crippen molar-refractivity contribution < 1.29 is 14.3 Å². The molecule has 1 aliphatic rings. The van der Waals surface area contributed by atoms with Gasteiger partial charge in [0.05, 0.1) is 12.1 Å². The SMILES string of the molecule is Cc1cc2cc(C(=O)N[C@@H]3CNC[C@H]3O)ccc2o1.Cl. The number of aliphatic hydroxyl groups is 1. The van der Waals surface area contributed by atoms with Crippen molar-refractivity contribution in [3.8, 4) is 0 Å². The summed E-state index contributed by atoms with van der Waals surface area (Å²) in [5.41, 5.74) is 1.35. The lowest BCUT2D eigenvalue weighted by Gasteiger charge is -2.15. The third-order valence-corrected chi connectivity index (χ3v) is 3.40. The van der Waals surface area contributed by atoms with Gasteiger partial charge < -0.3 is 20.2 Å². The molecule has 0 bridgehead atoms. The number of aryl methyl sites for hydroxylation is 1. The molecule has 1 aliphatic heterocycles. The van der Waals surface area contributed by atoms with E-state index >= 15 is 0 Å². The van der Waals surface area contributed by atoms with Crippen molar-refractivity contribution in [2.75, 3.05) is 13.1 Å². The zero-order chi connectivity index (χ0) is 13.4. The minimum atomic E-state index is -0.524. The highest BCUT2D eigenvalue weighted by Gasteiger charge is 2.26. The first-order valence-electron chi connectivity index (χ1n) is 6.33. The van der Waals surface area contributed by atoms with Gasteiger partial charge in [0.15, 0.2) is 0 Å². The van der Waals surface area contributed by atoms with E-state index < -0.39 is 6.10 Å². The maximum Gasteiger partial charge on any atom is 0.251 e. The van der Waals surface area contributed by atoms with Crippen LogP contribution < -0.4 is 10.6 Å². The number of furan rings is 1. The summed E-state index contributed by atoms with van der Waals surface area (Å²) in [5.74, 6) is 0.650. The van der Waals surface area contributed by atoms with Crippen LogP contribution >= 0.6 is 12.4 Å². The van der Waals surface area contributed by atoms with Crippen LogP contribution in [0, 0.1) is 6.92 Å². The summed E-state index contributed by atoms with van der Waals surface area (Å²) in [5, 5.41) is 16.4. The minimum Gasteiger partial charge on any atom is -0.461 e. The van der Waals surface area contributed by atoms with Crippen LogP contribution in [0.3, 0.4) is 0 Å². The standard InChI is InChI=1S/C14H16N2O3.ClH/c1-8-4-10-5-9(2-3-13(10)19-8)14(18)16-11-6-15-7-12(11)17;/h2-5,11-12,15,17H,6-7H2,1H3,(H,16,18);1H/t11-,12-;/m1./s1. The normalized spacial score (nSPS) is 21.7. The van der Waals surface area contributed by atoms with Gasteiger partial charge in [-0.25, -0.2) is 0 Å². The summed E-state index contributed by atoms with van der Waals surface area (Å²) in [6, 6.07) is 7.00. The Morgan fingerprint density at radius 1 is 1.40 bits per heavy atom. The van der Waals surface area contributed by atoms with Gasteiger partial charge in [0, 0.05) is 24.0 Å². The summed E-state index contributed by atoms with van der Waals surface area (Å²) in [6.45, 7) is 2.99. The molecule has 2 heterocycles. The van der Waals surface area contributed by atoms with Crippen LogP contribution in [0.15, 0.2) is 28.7 Å². The van der Waals surface area contributed by atoms with Crippen molar-refractivity contribution in [3.05, 3.63) is 35.6 Å². The Balaban J connectivity index is 0.00000147. The second kappa shape index (κ2) is 5.83. The molecule has 1 amide bonds. The Labute approximate surface area is 122 Å². The van der Waals surface area contributed by atoms with Gasteiger partial charge >= 0.3 is 0 Å². The molecule has 1 aromatic carbocycles. The molecule has 6 heteroatoms. The zero-order valence-corrected chi connectivity index (χ0v) is 11.9. The second-order valence-electron chi connectivity index (χ2n) is 4.92. The first-order valence-corrected chi connectivity index (χ1v) is 6.33. The van der Waals surface area contributed by atoms with Gasteiger partial charge in [-0.3, -0.25) is 4.79 Å². The summed E-state index contributed by atoms with van der Waals surface area (Å²) < 4.78 is 5.47. The van der Waals surface area contributed by atoms with E-state index in [4.69, 9.17) is 4.42 Å². The molecule has 0 unspecified atom stereocenters. The fourth-order valence-electron chi connectivity index (χ4n) is 2.38. The predicted octanol–water partition coefficient (Wildman–Crippen LogP) is 1.23. The van der Waals surface area contributed by atoms with Gasteiger partial charge in [0.2, 0.25) is 0 Å². The molecule has 0 spiro atoms. The molecule has 2 atom stereocenters.